The van der Waals surface area contributed by atoms with Crippen molar-refractivity contribution < 1.29 is 14.9 Å². The molecule has 1 rings (SSSR count). The van der Waals surface area contributed by atoms with Crippen LogP contribution in [0.15, 0.2) is 0 Å². The predicted molar refractivity (Wildman–Crippen MR) is 67.9 cm³/mol. The lowest BCUT2D eigenvalue weighted by Crippen LogP contribution is -2.47. The van der Waals surface area contributed by atoms with Gasteiger partial charge in [-0.25, -0.2) is 0 Å². The van der Waals surface area contributed by atoms with E-state index in [4.69, 9.17) is 9.84 Å². The van der Waals surface area contributed by atoms with Crippen molar-refractivity contribution in [3.8, 4) is 0 Å². The minimum Gasteiger partial charge on any atom is -0.393 e. The van der Waals surface area contributed by atoms with Gasteiger partial charge in [-0.1, -0.05) is 13.8 Å². The zero-order chi connectivity index (χ0) is 12.7. The third-order valence-electron chi connectivity index (χ3n) is 3.14. The van der Waals surface area contributed by atoms with Crippen molar-refractivity contribution in [2.45, 2.75) is 57.8 Å². The molecular weight excluding hydrogens is 218 g/mol. The molecule has 1 atom stereocenters. The van der Waals surface area contributed by atoms with Crippen LogP contribution < -0.4 is 5.32 Å². The van der Waals surface area contributed by atoms with Gasteiger partial charge in [0.2, 0.25) is 0 Å². The average Bonchev–Trinajstić information content (AvgIpc) is 2.22. The number of aliphatic hydroxyl groups excluding tert-OH is 2. The fraction of sp³-hybridized carbons (Fsp3) is 1.00. The Morgan fingerprint density at radius 2 is 2.06 bits per heavy atom. The van der Waals surface area contributed by atoms with Gasteiger partial charge in [-0.2, -0.15) is 0 Å². The third-order valence-corrected chi connectivity index (χ3v) is 3.14. The molecule has 17 heavy (non-hydrogen) atoms. The van der Waals surface area contributed by atoms with Crippen molar-refractivity contribution in [2.75, 3.05) is 19.8 Å². The van der Waals surface area contributed by atoms with Gasteiger partial charge < -0.3 is 20.3 Å². The highest BCUT2D eigenvalue weighted by Crippen LogP contribution is 2.18. The van der Waals surface area contributed by atoms with E-state index in [1.54, 1.807) is 0 Å². The highest BCUT2D eigenvalue weighted by Gasteiger charge is 2.26. The van der Waals surface area contributed by atoms with Crippen molar-refractivity contribution in [3.05, 3.63) is 0 Å². The second-order valence-corrected chi connectivity index (χ2v) is 5.50. The summed E-state index contributed by atoms with van der Waals surface area (Å²) in [6, 6.07) is 0.376. The molecule has 0 radical (unpaired) electrons. The summed E-state index contributed by atoms with van der Waals surface area (Å²) in [6.45, 7) is 6.09. The summed E-state index contributed by atoms with van der Waals surface area (Å²) in [5.74, 6) is 0.718. The fourth-order valence-corrected chi connectivity index (χ4v) is 1.93. The topological polar surface area (TPSA) is 61.7 Å². The molecule has 3 N–H and O–H groups in total. The third kappa shape index (κ3) is 6.99. The van der Waals surface area contributed by atoms with Crippen LogP contribution in [-0.4, -0.2) is 48.2 Å². The quantitative estimate of drug-likeness (QED) is 0.529. The minimum atomic E-state index is -0.438. The summed E-state index contributed by atoms with van der Waals surface area (Å²) in [5.41, 5.74) is 0. The smallest absolute Gasteiger partial charge is 0.0897 e. The second-order valence-electron chi connectivity index (χ2n) is 5.50. The van der Waals surface area contributed by atoms with Crippen molar-refractivity contribution in [1.82, 2.24) is 5.32 Å². The molecule has 0 amide bonds. The fourth-order valence-electron chi connectivity index (χ4n) is 1.93. The predicted octanol–water partition coefficient (Wildman–Crippen LogP) is 0.913. The molecule has 0 aliphatic heterocycles. The van der Waals surface area contributed by atoms with Crippen LogP contribution in [-0.2, 0) is 4.74 Å². The molecule has 102 valence electrons. The Morgan fingerprint density at radius 3 is 2.65 bits per heavy atom. The zero-order valence-electron chi connectivity index (χ0n) is 11.1. The van der Waals surface area contributed by atoms with Crippen LogP contribution in [0.5, 0.6) is 0 Å². The van der Waals surface area contributed by atoms with Crippen molar-refractivity contribution >= 4 is 0 Å². The lowest BCUT2D eigenvalue weighted by atomic mass is 9.89. The Bertz CT molecular complexity index is 193. The Hall–Kier alpha value is -0.160. The van der Waals surface area contributed by atoms with Crippen molar-refractivity contribution in [3.63, 3.8) is 0 Å². The Morgan fingerprint density at radius 1 is 1.35 bits per heavy atom. The van der Waals surface area contributed by atoms with E-state index < -0.39 is 6.10 Å². The normalized spacial score (nSPS) is 25.9. The molecule has 0 saturated heterocycles. The van der Waals surface area contributed by atoms with Gasteiger partial charge in [0.05, 0.1) is 18.8 Å². The first-order valence-electron chi connectivity index (χ1n) is 6.75. The summed E-state index contributed by atoms with van der Waals surface area (Å²) < 4.78 is 5.41. The number of aliphatic hydroxyl groups is 2. The maximum absolute atomic E-state index is 9.64. The molecular formula is C13H27NO3. The molecule has 0 aromatic heterocycles. The van der Waals surface area contributed by atoms with Gasteiger partial charge in [0.15, 0.2) is 0 Å². The van der Waals surface area contributed by atoms with E-state index in [0.29, 0.717) is 19.2 Å². The van der Waals surface area contributed by atoms with E-state index in [9.17, 15) is 5.11 Å². The molecule has 1 saturated carbocycles. The molecule has 1 aliphatic rings. The monoisotopic (exact) mass is 245 g/mol. The van der Waals surface area contributed by atoms with Crippen molar-refractivity contribution in [1.29, 1.82) is 0 Å². The molecule has 1 aliphatic carbocycles. The zero-order valence-corrected chi connectivity index (χ0v) is 11.1. The van der Waals surface area contributed by atoms with Gasteiger partial charge in [-0.15, -0.1) is 0 Å². The van der Waals surface area contributed by atoms with Gasteiger partial charge in [0.25, 0.3) is 0 Å². The molecule has 0 heterocycles. The second kappa shape index (κ2) is 8.03. The van der Waals surface area contributed by atoms with Crippen LogP contribution in [0.25, 0.3) is 0 Å². The summed E-state index contributed by atoms with van der Waals surface area (Å²) >= 11 is 0. The first-order valence-corrected chi connectivity index (χ1v) is 6.75. The van der Waals surface area contributed by atoms with E-state index in [1.807, 2.05) is 0 Å². The number of hydrogen-bond acceptors (Lipinski definition) is 4. The van der Waals surface area contributed by atoms with Gasteiger partial charge in [0.1, 0.15) is 0 Å². The van der Waals surface area contributed by atoms with E-state index in [1.165, 1.54) is 6.42 Å². The highest BCUT2D eigenvalue weighted by molar-refractivity contribution is 4.84. The maximum atomic E-state index is 9.64. The SMILES string of the molecule is CC(C)CCCOCC(O)CNC1CC(O)C1. The molecule has 0 spiro atoms. The molecule has 1 fully saturated rings. The first kappa shape index (κ1) is 14.9. The maximum Gasteiger partial charge on any atom is 0.0897 e. The Labute approximate surface area is 104 Å². The standard InChI is InChI=1S/C13H27NO3/c1-10(2)4-3-5-17-9-13(16)8-14-11-6-12(15)7-11/h10-16H,3-9H2,1-2H3. The van der Waals surface area contributed by atoms with Crippen LogP contribution in [0, 0.1) is 5.92 Å². The van der Waals surface area contributed by atoms with Gasteiger partial charge >= 0.3 is 0 Å². The molecule has 0 aromatic carbocycles. The lowest BCUT2D eigenvalue weighted by molar-refractivity contribution is 0.0215. The molecule has 0 bridgehead atoms. The Balaban J connectivity index is 1.85. The minimum absolute atomic E-state index is 0.142. The number of hydrogen-bond donors (Lipinski definition) is 3. The van der Waals surface area contributed by atoms with Crippen LogP contribution in [0.3, 0.4) is 0 Å². The summed E-state index contributed by atoms with van der Waals surface area (Å²) in [7, 11) is 0. The van der Waals surface area contributed by atoms with Gasteiger partial charge in [0, 0.05) is 19.2 Å². The lowest BCUT2D eigenvalue weighted by Gasteiger charge is -2.32. The van der Waals surface area contributed by atoms with Crippen LogP contribution in [0.1, 0.15) is 39.5 Å². The van der Waals surface area contributed by atoms with Crippen LogP contribution >= 0.6 is 0 Å². The summed E-state index contributed by atoms with van der Waals surface area (Å²) in [6.07, 6.45) is 3.27. The molecule has 0 aromatic rings. The van der Waals surface area contributed by atoms with E-state index >= 15 is 0 Å². The number of rotatable bonds is 9. The van der Waals surface area contributed by atoms with E-state index in [-0.39, 0.29) is 6.10 Å². The summed E-state index contributed by atoms with van der Waals surface area (Å²) in [4.78, 5) is 0. The largest absolute Gasteiger partial charge is 0.393 e. The Kier molecular flexibility index (Phi) is 7.04. The first-order chi connectivity index (χ1) is 8.08. The number of nitrogens with one attached hydrogen (secondary N) is 1. The number of ether oxygens (including phenoxy) is 1. The van der Waals surface area contributed by atoms with E-state index in [0.717, 1.165) is 31.8 Å². The van der Waals surface area contributed by atoms with Crippen molar-refractivity contribution in [2.24, 2.45) is 5.92 Å². The molecule has 4 heteroatoms. The van der Waals surface area contributed by atoms with Crippen LogP contribution in [0.4, 0.5) is 0 Å². The molecule has 4 nitrogen and oxygen atoms in total. The van der Waals surface area contributed by atoms with Crippen LogP contribution in [0.2, 0.25) is 0 Å². The summed E-state index contributed by atoms with van der Waals surface area (Å²) in [5, 5.41) is 22.0. The van der Waals surface area contributed by atoms with Gasteiger partial charge in [-0.05, 0) is 31.6 Å². The van der Waals surface area contributed by atoms with E-state index in [2.05, 4.69) is 19.2 Å². The molecule has 1 unspecified atom stereocenters. The average molecular weight is 245 g/mol. The highest BCUT2D eigenvalue weighted by atomic mass is 16.5. The van der Waals surface area contributed by atoms with Gasteiger partial charge in [-0.3, -0.25) is 0 Å².